The summed E-state index contributed by atoms with van der Waals surface area (Å²) in [6.45, 7) is 3.73. The monoisotopic (exact) mass is 330 g/mol. The highest BCUT2D eigenvalue weighted by molar-refractivity contribution is 7.10. The van der Waals surface area contributed by atoms with Crippen molar-refractivity contribution in [2.75, 3.05) is 11.9 Å². The first-order valence-corrected chi connectivity index (χ1v) is 8.08. The molecular weight excluding hydrogens is 312 g/mol. The molecule has 3 rings (SSSR count). The van der Waals surface area contributed by atoms with Crippen LogP contribution in [0.15, 0.2) is 42.0 Å². The molecule has 0 spiro atoms. The van der Waals surface area contributed by atoms with Gasteiger partial charge in [-0.1, -0.05) is 6.07 Å². The third-order valence-electron chi connectivity index (χ3n) is 3.47. The zero-order chi connectivity index (χ0) is 16.4. The van der Waals surface area contributed by atoms with E-state index >= 15 is 0 Å². The fourth-order valence-corrected chi connectivity index (χ4v) is 3.08. The van der Waals surface area contributed by atoms with Crippen molar-refractivity contribution in [1.82, 2.24) is 14.7 Å². The highest BCUT2D eigenvalue weighted by Crippen LogP contribution is 2.24. The molecule has 2 amide bonds. The summed E-state index contributed by atoms with van der Waals surface area (Å²) in [6, 6.07) is 6.98. The average molecular weight is 330 g/mol. The van der Waals surface area contributed by atoms with Gasteiger partial charge in [0.15, 0.2) is 0 Å². The summed E-state index contributed by atoms with van der Waals surface area (Å²) >= 11 is 1.46. The van der Waals surface area contributed by atoms with Gasteiger partial charge in [0, 0.05) is 17.3 Å². The smallest absolute Gasteiger partial charge is 0.319 e. The molecule has 6 nitrogen and oxygen atoms in total. The summed E-state index contributed by atoms with van der Waals surface area (Å²) in [5.74, 6) is 0. The van der Waals surface area contributed by atoms with E-state index in [1.165, 1.54) is 11.3 Å². The van der Waals surface area contributed by atoms with Gasteiger partial charge in [-0.25, -0.2) is 9.78 Å². The van der Waals surface area contributed by atoms with E-state index in [1.807, 2.05) is 41.1 Å². The summed E-state index contributed by atoms with van der Waals surface area (Å²) in [7, 11) is 0. The number of nitrogens with zero attached hydrogens (tertiary/aromatic N) is 2. The van der Waals surface area contributed by atoms with Gasteiger partial charge in [0.25, 0.3) is 0 Å². The van der Waals surface area contributed by atoms with Crippen LogP contribution in [0.5, 0.6) is 0 Å². The first-order valence-electron chi connectivity index (χ1n) is 7.21. The second-order valence-electron chi connectivity index (χ2n) is 5.62. The molecule has 3 N–H and O–H groups in total. The van der Waals surface area contributed by atoms with Crippen LogP contribution in [-0.4, -0.2) is 27.1 Å². The SMILES string of the molecule is Cc1cn2cc(NC(=O)NC[C@](C)(O)c3cccs3)ccc2n1. The van der Waals surface area contributed by atoms with E-state index in [-0.39, 0.29) is 12.6 Å². The first-order chi connectivity index (χ1) is 10.9. The van der Waals surface area contributed by atoms with Gasteiger partial charge in [-0.15, -0.1) is 11.3 Å². The predicted molar refractivity (Wildman–Crippen MR) is 90.8 cm³/mol. The molecule has 0 aliphatic rings. The van der Waals surface area contributed by atoms with Crippen LogP contribution in [0.3, 0.4) is 0 Å². The summed E-state index contributed by atoms with van der Waals surface area (Å²) in [5, 5.41) is 17.7. The number of thiophene rings is 1. The van der Waals surface area contributed by atoms with Crippen LogP contribution in [-0.2, 0) is 5.60 Å². The maximum Gasteiger partial charge on any atom is 0.319 e. The van der Waals surface area contributed by atoms with Crippen molar-refractivity contribution in [2.24, 2.45) is 0 Å². The molecule has 0 aromatic carbocycles. The van der Waals surface area contributed by atoms with Crippen LogP contribution in [0.25, 0.3) is 5.65 Å². The highest BCUT2D eigenvalue weighted by Gasteiger charge is 2.24. The number of hydrogen-bond acceptors (Lipinski definition) is 4. The van der Waals surface area contributed by atoms with Crippen molar-refractivity contribution in [3.63, 3.8) is 0 Å². The zero-order valence-electron chi connectivity index (χ0n) is 12.9. The normalized spacial score (nSPS) is 13.7. The average Bonchev–Trinajstić information content (AvgIpc) is 3.13. The van der Waals surface area contributed by atoms with Gasteiger partial charge in [-0.05, 0) is 37.4 Å². The maximum absolute atomic E-state index is 12.0. The fraction of sp³-hybridized carbons (Fsp3) is 0.250. The second kappa shape index (κ2) is 6.02. The fourth-order valence-electron chi connectivity index (χ4n) is 2.29. The lowest BCUT2D eigenvalue weighted by Gasteiger charge is -2.22. The van der Waals surface area contributed by atoms with Crippen LogP contribution >= 0.6 is 11.3 Å². The molecule has 120 valence electrons. The lowest BCUT2D eigenvalue weighted by molar-refractivity contribution is 0.0637. The molecule has 0 aliphatic heterocycles. The van der Waals surface area contributed by atoms with E-state index in [1.54, 1.807) is 19.2 Å². The molecule has 3 heterocycles. The number of anilines is 1. The number of fused-ring (bicyclic) bond motifs is 1. The molecule has 7 heteroatoms. The minimum atomic E-state index is -1.09. The Morgan fingerprint density at radius 3 is 2.96 bits per heavy atom. The Morgan fingerprint density at radius 1 is 1.39 bits per heavy atom. The number of amides is 2. The lowest BCUT2D eigenvalue weighted by atomic mass is 10.1. The summed E-state index contributed by atoms with van der Waals surface area (Å²) in [4.78, 5) is 17.2. The van der Waals surface area contributed by atoms with Gasteiger partial charge in [0.1, 0.15) is 11.2 Å². The number of aliphatic hydroxyl groups is 1. The van der Waals surface area contributed by atoms with Crippen molar-refractivity contribution in [2.45, 2.75) is 19.4 Å². The molecule has 3 aromatic rings. The number of carbonyl (C=O) groups is 1. The van der Waals surface area contributed by atoms with Crippen LogP contribution in [0.2, 0.25) is 0 Å². The molecule has 3 aromatic heterocycles. The van der Waals surface area contributed by atoms with Gasteiger partial charge in [0.2, 0.25) is 0 Å². The van der Waals surface area contributed by atoms with Crippen LogP contribution in [0, 0.1) is 6.92 Å². The summed E-state index contributed by atoms with van der Waals surface area (Å²) in [6.07, 6.45) is 3.69. The Hall–Kier alpha value is -2.38. The van der Waals surface area contributed by atoms with E-state index in [4.69, 9.17) is 0 Å². The van der Waals surface area contributed by atoms with E-state index < -0.39 is 5.60 Å². The molecule has 0 fully saturated rings. The Bertz CT molecular complexity index is 824. The molecular formula is C16H18N4O2S. The molecule has 0 saturated carbocycles. The minimum Gasteiger partial charge on any atom is -0.383 e. The zero-order valence-corrected chi connectivity index (χ0v) is 13.7. The third-order valence-corrected chi connectivity index (χ3v) is 4.60. The predicted octanol–water partition coefficient (Wildman–Crippen LogP) is 2.73. The Labute approximate surface area is 137 Å². The van der Waals surface area contributed by atoms with Crippen LogP contribution in [0.4, 0.5) is 10.5 Å². The van der Waals surface area contributed by atoms with E-state index in [2.05, 4.69) is 15.6 Å². The Morgan fingerprint density at radius 2 is 2.22 bits per heavy atom. The molecule has 0 unspecified atom stereocenters. The number of carbonyl (C=O) groups excluding carboxylic acids is 1. The standard InChI is InChI=1S/C16H18N4O2S/c1-11-8-20-9-12(5-6-14(20)18-11)19-15(21)17-10-16(2,22)13-4-3-7-23-13/h3-9,22H,10H2,1-2H3,(H2,17,19,21)/t16-/m0/s1. The lowest BCUT2D eigenvalue weighted by Crippen LogP contribution is -2.40. The molecule has 0 saturated heterocycles. The van der Waals surface area contributed by atoms with Crippen molar-refractivity contribution < 1.29 is 9.90 Å². The molecule has 1 atom stereocenters. The van der Waals surface area contributed by atoms with Crippen molar-refractivity contribution >= 4 is 28.7 Å². The largest absolute Gasteiger partial charge is 0.383 e. The molecule has 23 heavy (non-hydrogen) atoms. The summed E-state index contributed by atoms with van der Waals surface area (Å²) in [5.41, 5.74) is 1.31. The number of imidazole rings is 1. The van der Waals surface area contributed by atoms with Crippen molar-refractivity contribution in [3.05, 3.63) is 52.6 Å². The summed E-state index contributed by atoms with van der Waals surface area (Å²) < 4.78 is 1.85. The van der Waals surface area contributed by atoms with E-state index in [9.17, 15) is 9.90 Å². The number of rotatable bonds is 4. The number of aryl methyl sites for hydroxylation is 1. The van der Waals surface area contributed by atoms with Crippen molar-refractivity contribution in [3.8, 4) is 0 Å². The van der Waals surface area contributed by atoms with Crippen LogP contribution < -0.4 is 10.6 Å². The number of hydrogen-bond donors (Lipinski definition) is 3. The van der Waals surface area contributed by atoms with Gasteiger partial charge in [-0.2, -0.15) is 0 Å². The van der Waals surface area contributed by atoms with Gasteiger partial charge in [0.05, 0.1) is 17.9 Å². The van der Waals surface area contributed by atoms with Gasteiger partial charge >= 0.3 is 6.03 Å². The third kappa shape index (κ3) is 3.52. The molecule has 0 bridgehead atoms. The van der Waals surface area contributed by atoms with E-state index in [0.717, 1.165) is 16.2 Å². The number of pyridine rings is 1. The second-order valence-corrected chi connectivity index (χ2v) is 6.57. The molecule has 0 radical (unpaired) electrons. The van der Waals surface area contributed by atoms with Crippen LogP contribution in [0.1, 0.15) is 17.5 Å². The number of urea groups is 1. The van der Waals surface area contributed by atoms with Crippen molar-refractivity contribution in [1.29, 1.82) is 0 Å². The van der Waals surface area contributed by atoms with Gasteiger partial charge in [-0.3, -0.25) is 0 Å². The number of nitrogens with one attached hydrogen (secondary N) is 2. The highest BCUT2D eigenvalue weighted by atomic mass is 32.1. The first kappa shape index (κ1) is 15.5. The Kier molecular flexibility index (Phi) is 4.06. The number of aromatic nitrogens is 2. The molecule has 0 aliphatic carbocycles. The quantitative estimate of drug-likeness (QED) is 0.688. The van der Waals surface area contributed by atoms with Gasteiger partial charge < -0.3 is 20.1 Å². The topological polar surface area (TPSA) is 78.7 Å². The maximum atomic E-state index is 12.0. The van der Waals surface area contributed by atoms with E-state index in [0.29, 0.717) is 5.69 Å². The Balaban J connectivity index is 1.62. The minimum absolute atomic E-state index is 0.131.